The Morgan fingerprint density at radius 3 is 0.861 bits per heavy atom. The summed E-state index contributed by atoms with van der Waals surface area (Å²) in [6.45, 7) is 6.35. The molecule has 1 unspecified atom stereocenters. The SMILES string of the molecule is CC/C=C\C/C=C\C/C=C\C/C=C\C/C=C\C/C=C\CCCCCCC(=O)OCC(COC(=O)CCCCCCC/C=C\CCCCCCC)OC(=O)CCCCCC/C=C\C/C=C\C/C=C\C/C=C\CC. The summed E-state index contributed by atoms with van der Waals surface area (Å²) in [6.07, 6.45) is 82.9. The molecule has 0 saturated heterocycles. The zero-order valence-corrected chi connectivity index (χ0v) is 46.4. The molecule has 0 aliphatic carbocycles. The summed E-state index contributed by atoms with van der Waals surface area (Å²) in [7, 11) is 0. The van der Waals surface area contributed by atoms with Crippen molar-refractivity contribution >= 4 is 17.9 Å². The number of allylic oxidation sites excluding steroid dienone is 22. The van der Waals surface area contributed by atoms with Crippen LogP contribution in [0.15, 0.2) is 134 Å². The fraction of sp³-hybridized carbons (Fsp3) is 0.621. The van der Waals surface area contributed by atoms with Gasteiger partial charge >= 0.3 is 17.9 Å². The van der Waals surface area contributed by atoms with Gasteiger partial charge < -0.3 is 14.2 Å². The lowest BCUT2D eigenvalue weighted by atomic mass is 10.1. The van der Waals surface area contributed by atoms with Crippen LogP contribution >= 0.6 is 0 Å². The summed E-state index contributed by atoms with van der Waals surface area (Å²) in [5.41, 5.74) is 0. The van der Waals surface area contributed by atoms with E-state index in [1.165, 1.54) is 44.9 Å². The monoisotopic (exact) mass is 995 g/mol. The summed E-state index contributed by atoms with van der Waals surface area (Å²) in [4.78, 5) is 38.2. The summed E-state index contributed by atoms with van der Waals surface area (Å²) < 4.78 is 16.8. The normalized spacial score (nSPS) is 13.1. The van der Waals surface area contributed by atoms with Gasteiger partial charge in [0.2, 0.25) is 0 Å². The zero-order chi connectivity index (χ0) is 52.2. The van der Waals surface area contributed by atoms with Crippen LogP contribution in [0.1, 0.15) is 245 Å². The molecule has 0 spiro atoms. The maximum Gasteiger partial charge on any atom is 0.306 e. The van der Waals surface area contributed by atoms with Gasteiger partial charge in [-0.05, 0) is 135 Å². The predicted molar refractivity (Wildman–Crippen MR) is 311 cm³/mol. The first-order valence-corrected chi connectivity index (χ1v) is 29.2. The van der Waals surface area contributed by atoms with Gasteiger partial charge in [-0.2, -0.15) is 0 Å². The van der Waals surface area contributed by atoms with Gasteiger partial charge in [-0.3, -0.25) is 14.4 Å². The molecule has 1 atom stereocenters. The van der Waals surface area contributed by atoms with E-state index in [4.69, 9.17) is 14.2 Å². The van der Waals surface area contributed by atoms with Crippen molar-refractivity contribution in [3.05, 3.63) is 134 Å². The number of hydrogen-bond acceptors (Lipinski definition) is 6. The lowest BCUT2D eigenvalue weighted by molar-refractivity contribution is -0.167. The molecule has 0 aliphatic heterocycles. The van der Waals surface area contributed by atoms with Crippen molar-refractivity contribution in [2.45, 2.75) is 252 Å². The smallest absolute Gasteiger partial charge is 0.306 e. The van der Waals surface area contributed by atoms with Gasteiger partial charge in [-0.15, -0.1) is 0 Å². The van der Waals surface area contributed by atoms with E-state index in [0.29, 0.717) is 12.8 Å². The predicted octanol–water partition coefficient (Wildman–Crippen LogP) is 19.8. The van der Waals surface area contributed by atoms with E-state index in [2.05, 4.69) is 154 Å². The van der Waals surface area contributed by atoms with Crippen molar-refractivity contribution in [2.24, 2.45) is 0 Å². The molecule has 0 aliphatic rings. The first kappa shape index (κ1) is 67.5. The van der Waals surface area contributed by atoms with Gasteiger partial charge in [0.25, 0.3) is 0 Å². The Morgan fingerprint density at radius 2 is 0.542 bits per heavy atom. The molecule has 0 aromatic carbocycles. The number of ether oxygens (including phenoxy) is 3. The highest BCUT2D eigenvalue weighted by Gasteiger charge is 2.19. The Bertz CT molecular complexity index is 1560. The highest BCUT2D eigenvalue weighted by Crippen LogP contribution is 2.13. The Hall–Kier alpha value is -4.45. The van der Waals surface area contributed by atoms with Crippen LogP contribution in [0.4, 0.5) is 0 Å². The van der Waals surface area contributed by atoms with Gasteiger partial charge in [0.1, 0.15) is 13.2 Å². The van der Waals surface area contributed by atoms with Crippen LogP contribution in [0.2, 0.25) is 0 Å². The molecule has 0 fully saturated rings. The minimum Gasteiger partial charge on any atom is -0.462 e. The van der Waals surface area contributed by atoms with E-state index < -0.39 is 6.10 Å². The molecule has 0 N–H and O–H groups in total. The lowest BCUT2D eigenvalue weighted by Crippen LogP contribution is -2.30. The highest BCUT2D eigenvalue weighted by molar-refractivity contribution is 5.71. The Labute approximate surface area is 443 Å². The maximum absolute atomic E-state index is 12.9. The first-order chi connectivity index (χ1) is 35.5. The van der Waals surface area contributed by atoms with E-state index in [1.807, 2.05) is 0 Å². The van der Waals surface area contributed by atoms with Crippen molar-refractivity contribution in [1.29, 1.82) is 0 Å². The Morgan fingerprint density at radius 1 is 0.292 bits per heavy atom. The third-order valence-electron chi connectivity index (χ3n) is 11.9. The van der Waals surface area contributed by atoms with Crippen molar-refractivity contribution in [3.8, 4) is 0 Å². The molecule has 72 heavy (non-hydrogen) atoms. The third kappa shape index (κ3) is 56.5. The van der Waals surface area contributed by atoms with E-state index >= 15 is 0 Å². The molecule has 6 heteroatoms. The van der Waals surface area contributed by atoms with E-state index in [0.717, 1.165) is 161 Å². The van der Waals surface area contributed by atoms with Crippen molar-refractivity contribution in [1.82, 2.24) is 0 Å². The minimum atomic E-state index is -0.811. The molecule has 0 aromatic rings. The van der Waals surface area contributed by atoms with Crippen LogP contribution in [-0.4, -0.2) is 37.2 Å². The number of hydrogen-bond donors (Lipinski definition) is 0. The second-order valence-electron chi connectivity index (χ2n) is 18.8. The van der Waals surface area contributed by atoms with Gasteiger partial charge in [-0.1, -0.05) is 225 Å². The van der Waals surface area contributed by atoms with Crippen LogP contribution in [0.25, 0.3) is 0 Å². The fourth-order valence-corrected chi connectivity index (χ4v) is 7.55. The number of carbonyl (C=O) groups is 3. The van der Waals surface area contributed by atoms with Crippen LogP contribution in [0.3, 0.4) is 0 Å². The van der Waals surface area contributed by atoms with Crippen LogP contribution < -0.4 is 0 Å². The van der Waals surface area contributed by atoms with Gasteiger partial charge in [0.05, 0.1) is 0 Å². The molecular formula is C66H106O6. The van der Waals surface area contributed by atoms with Crippen molar-refractivity contribution in [2.75, 3.05) is 13.2 Å². The topological polar surface area (TPSA) is 78.9 Å². The molecule has 0 amide bonds. The zero-order valence-electron chi connectivity index (χ0n) is 46.4. The van der Waals surface area contributed by atoms with E-state index in [9.17, 15) is 14.4 Å². The third-order valence-corrected chi connectivity index (χ3v) is 11.9. The molecule has 0 aromatic heterocycles. The van der Waals surface area contributed by atoms with Crippen molar-refractivity contribution < 1.29 is 28.6 Å². The summed E-state index contributed by atoms with van der Waals surface area (Å²) in [5.74, 6) is -0.966. The van der Waals surface area contributed by atoms with Crippen LogP contribution in [0.5, 0.6) is 0 Å². The molecule has 0 saturated carbocycles. The van der Waals surface area contributed by atoms with Gasteiger partial charge in [-0.25, -0.2) is 0 Å². The summed E-state index contributed by atoms with van der Waals surface area (Å²) in [6, 6.07) is 0. The molecule has 0 rings (SSSR count). The first-order valence-electron chi connectivity index (χ1n) is 29.2. The number of esters is 3. The fourth-order valence-electron chi connectivity index (χ4n) is 7.55. The molecule has 6 nitrogen and oxygen atoms in total. The quantitative estimate of drug-likeness (QED) is 0.0261. The molecular weight excluding hydrogens is 889 g/mol. The van der Waals surface area contributed by atoms with E-state index in [-0.39, 0.29) is 37.5 Å². The standard InChI is InChI=1S/C66H106O6/c1-4-7-10-13-16-19-22-25-28-30-31-32-33-34-35-37-38-41-44-47-50-53-56-59-65(68)71-62-63(61-70-64(67)58-55-52-49-46-43-40-27-24-21-18-15-12-9-6-3)72-66(69)60-57-54-51-48-45-42-39-36-29-26-23-20-17-14-11-8-5-2/h7-8,10-11,16-17,19-20,24-29,31-32,34-35,38-39,41-42,63H,4-6,9,12-15,18,21-23,30,33,36-37,40,43-62H2,1-3H3/b10-7-,11-8-,19-16-,20-17-,27-24-,28-25-,29-26-,32-31-,35-34-,41-38-,42-39-. The summed E-state index contributed by atoms with van der Waals surface area (Å²) in [5, 5.41) is 0. The molecule has 0 heterocycles. The highest BCUT2D eigenvalue weighted by atomic mass is 16.6. The lowest BCUT2D eigenvalue weighted by Gasteiger charge is -2.18. The Balaban J connectivity index is 4.49. The van der Waals surface area contributed by atoms with Crippen molar-refractivity contribution in [3.63, 3.8) is 0 Å². The molecule has 0 bridgehead atoms. The Kier molecular flexibility index (Phi) is 55.5. The molecule has 0 radical (unpaired) electrons. The number of rotatable bonds is 51. The number of carbonyl (C=O) groups excluding carboxylic acids is 3. The average Bonchev–Trinajstić information content (AvgIpc) is 3.38. The van der Waals surface area contributed by atoms with Crippen LogP contribution in [0, 0.1) is 0 Å². The largest absolute Gasteiger partial charge is 0.462 e. The minimum absolute atomic E-state index is 0.105. The van der Waals surface area contributed by atoms with Gasteiger partial charge in [0, 0.05) is 19.3 Å². The summed E-state index contributed by atoms with van der Waals surface area (Å²) >= 11 is 0. The number of unbranched alkanes of at least 4 members (excludes halogenated alkanes) is 18. The molecule has 406 valence electrons. The second-order valence-corrected chi connectivity index (χ2v) is 18.8. The van der Waals surface area contributed by atoms with E-state index in [1.54, 1.807) is 0 Å². The maximum atomic E-state index is 12.9. The second kappa shape index (κ2) is 59.1. The average molecular weight is 996 g/mol. The van der Waals surface area contributed by atoms with Gasteiger partial charge in [0.15, 0.2) is 6.10 Å². The van der Waals surface area contributed by atoms with Crippen LogP contribution in [-0.2, 0) is 28.6 Å².